The van der Waals surface area contributed by atoms with Crippen LogP contribution in [0, 0.1) is 0 Å². The second kappa shape index (κ2) is 7.17. The van der Waals surface area contributed by atoms with Crippen molar-refractivity contribution in [3.05, 3.63) is 58.8 Å². The maximum atomic E-state index is 12.0. The Labute approximate surface area is 126 Å². The summed E-state index contributed by atoms with van der Waals surface area (Å²) in [6.07, 6.45) is 4.65. The third kappa shape index (κ3) is 4.15. The lowest BCUT2D eigenvalue weighted by Gasteiger charge is -2.13. The molecular formula is C15H16BrN3O. The Morgan fingerprint density at radius 3 is 2.75 bits per heavy atom. The number of aromatic nitrogens is 1. The molecule has 0 bridgehead atoms. The summed E-state index contributed by atoms with van der Waals surface area (Å²) in [6.45, 7) is 0. The van der Waals surface area contributed by atoms with Crippen molar-refractivity contribution in [3.63, 3.8) is 0 Å². The van der Waals surface area contributed by atoms with Gasteiger partial charge in [0.2, 0.25) is 5.91 Å². The molecule has 1 aromatic carbocycles. The quantitative estimate of drug-likeness (QED) is 0.883. The monoisotopic (exact) mass is 333 g/mol. The Hall–Kier alpha value is -1.72. The molecule has 0 aliphatic rings. The summed E-state index contributed by atoms with van der Waals surface area (Å²) in [5.74, 6) is -0.187. The van der Waals surface area contributed by atoms with Crippen molar-refractivity contribution >= 4 is 27.5 Å². The number of benzene rings is 1. The van der Waals surface area contributed by atoms with Crippen LogP contribution >= 0.6 is 15.9 Å². The lowest BCUT2D eigenvalue weighted by atomic mass is 10.1. The Morgan fingerprint density at radius 2 is 2.05 bits per heavy atom. The first-order valence-electron chi connectivity index (χ1n) is 6.36. The predicted molar refractivity (Wildman–Crippen MR) is 83.3 cm³/mol. The van der Waals surface area contributed by atoms with Gasteiger partial charge in [-0.2, -0.15) is 0 Å². The van der Waals surface area contributed by atoms with Crippen molar-refractivity contribution in [1.29, 1.82) is 0 Å². The Bertz CT molecular complexity index is 574. The van der Waals surface area contributed by atoms with Crippen molar-refractivity contribution in [2.45, 2.75) is 18.9 Å². The fraction of sp³-hybridized carbons (Fsp3) is 0.200. The number of hydrogen-bond donors (Lipinski definition) is 2. The largest absolute Gasteiger partial charge is 0.324 e. The SMILES string of the molecule is NC(CCc1ccccc1)C(=O)Nc1ccncc1Br. The molecule has 5 heteroatoms. The van der Waals surface area contributed by atoms with E-state index < -0.39 is 6.04 Å². The molecule has 0 spiro atoms. The van der Waals surface area contributed by atoms with Gasteiger partial charge >= 0.3 is 0 Å². The van der Waals surface area contributed by atoms with E-state index in [9.17, 15) is 4.79 Å². The number of anilines is 1. The Kier molecular flexibility index (Phi) is 5.26. The van der Waals surface area contributed by atoms with E-state index in [1.54, 1.807) is 18.5 Å². The van der Waals surface area contributed by atoms with Crippen molar-refractivity contribution in [1.82, 2.24) is 4.98 Å². The van der Waals surface area contributed by atoms with E-state index in [2.05, 4.69) is 26.2 Å². The summed E-state index contributed by atoms with van der Waals surface area (Å²) >= 11 is 3.33. The zero-order chi connectivity index (χ0) is 14.4. The third-order valence-corrected chi connectivity index (χ3v) is 3.59. The van der Waals surface area contributed by atoms with Gasteiger partial charge in [0.15, 0.2) is 0 Å². The molecule has 1 atom stereocenters. The van der Waals surface area contributed by atoms with Gasteiger partial charge in [-0.25, -0.2) is 0 Å². The fourth-order valence-corrected chi connectivity index (χ4v) is 2.15. The van der Waals surface area contributed by atoms with Gasteiger partial charge in [-0.05, 0) is 40.4 Å². The topological polar surface area (TPSA) is 68.0 Å². The van der Waals surface area contributed by atoms with Crippen LogP contribution in [0.1, 0.15) is 12.0 Å². The van der Waals surface area contributed by atoms with E-state index in [1.165, 1.54) is 5.56 Å². The van der Waals surface area contributed by atoms with Gasteiger partial charge in [-0.15, -0.1) is 0 Å². The maximum Gasteiger partial charge on any atom is 0.241 e. The number of nitrogens with zero attached hydrogens (tertiary/aromatic N) is 1. The van der Waals surface area contributed by atoms with Crippen molar-refractivity contribution < 1.29 is 4.79 Å². The number of nitrogens with two attached hydrogens (primary N) is 1. The van der Waals surface area contributed by atoms with Gasteiger partial charge in [-0.1, -0.05) is 30.3 Å². The van der Waals surface area contributed by atoms with Crippen LogP contribution in [0.2, 0.25) is 0 Å². The first kappa shape index (κ1) is 14.7. The first-order chi connectivity index (χ1) is 9.66. The number of carbonyl (C=O) groups is 1. The van der Waals surface area contributed by atoms with Gasteiger partial charge in [0, 0.05) is 12.4 Å². The molecule has 1 heterocycles. The van der Waals surface area contributed by atoms with Crippen molar-refractivity contribution in [3.8, 4) is 0 Å². The molecule has 2 rings (SSSR count). The second-order valence-corrected chi connectivity index (χ2v) is 5.33. The van der Waals surface area contributed by atoms with Crippen LogP contribution in [0.3, 0.4) is 0 Å². The molecule has 0 fully saturated rings. The summed E-state index contributed by atoms with van der Waals surface area (Å²) in [6, 6.07) is 11.2. The van der Waals surface area contributed by atoms with Crippen LogP contribution in [0.4, 0.5) is 5.69 Å². The van der Waals surface area contributed by atoms with E-state index in [4.69, 9.17) is 5.73 Å². The standard InChI is InChI=1S/C15H16BrN3O/c16-12-10-18-9-8-14(12)19-15(20)13(17)7-6-11-4-2-1-3-5-11/h1-5,8-10,13H,6-7,17H2,(H,18,19,20). The molecule has 20 heavy (non-hydrogen) atoms. The van der Waals surface area contributed by atoms with Crippen LogP contribution in [-0.2, 0) is 11.2 Å². The first-order valence-corrected chi connectivity index (χ1v) is 7.16. The fourth-order valence-electron chi connectivity index (χ4n) is 1.80. The highest BCUT2D eigenvalue weighted by Crippen LogP contribution is 2.20. The van der Waals surface area contributed by atoms with E-state index in [1.807, 2.05) is 30.3 Å². The number of rotatable bonds is 5. The number of pyridine rings is 1. The highest BCUT2D eigenvalue weighted by atomic mass is 79.9. The average molecular weight is 334 g/mol. The zero-order valence-electron chi connectivity index (χ0n) is 10.9. The minimum Gasteiger partial charge on any atom is -0.324 e. The molecule has 0 saturated carbocycles. The number of carbonyl (C=O) groups excluding carboxylic acids is 1. The molecule has 1 aromatic heterocycles. The molecule has 104 valence electrons. The summed E-state index contributed by atoms with van der Waals surface area (Å²) < 4.78 is 0.739. The lowest BCUT2D eigenvalue weighted by Crippen LogP contribution is -2.36. The molecule has 0 aliphatic heterocycles. The number of aryl methyl sites for hydroxylation is 1. The molecule has 1 amide bonds. The van der Waals surface area contributed by atoms with Crippen LogP contribution in [0.15, 0.2) is 53.3 Å². The van der Waals surface area contributed by atoms with Crippen molar-refractivity contribution in [2.24, 2.45) is 5.73 Å². The van der Waals surface area contributed by atoms with E-state index >= 15 is 0 Å². The van der Waals surface area contributed by atoms with E-state index in [0.29, 0.717) is 12.1 Å². The molecule has 0 aliphatic carbocycles. The Balaban J connectivity index is 1.88. The van der Waals surface area contributed by atoms with Gasteiger partial charge < -0.3 is 11.1 Å². The third-order valence-electron chi connectivity index (χ3n) is 2.95. The lowest BCUT2D eigenvalue weighted by molar-refractivity contribution is -0.117. The molecule has 2 aromatic rings. The molecule has 0 radical (unpaired) electrons. The van der Waals surface area contributed by atoms with Crippen LogP contribution in [-0.4, -0.2) is 16.9 Å². The predicted octanol–water partition coefficient (Wildman–Crippen LogP) is 2.74. The smallest absolute Gasteiger partial charge is 0.241 e. The number of amides is 1. The summed E-state index contributed by atoms with van der Waals surface area (Å²) in [7, 11) is 0. The van der Waals surface area contributed by atoms with Gasteiger partial charge in [-0.3, -0.25) is 9.78 Å². The number of hydrogen-bond acceptors (Lipinski definition) is 3. The zero-order valence-corrected chi connectivity index (χ0v) is 12.5. The molecule has 3 N–H and O–H groups in total. The molecular weight excluding hydrogens is 318 g/mol. The summed E-state index contributed by atoms with van der Waals surface area (Å²) in [4.78, 5) is 16.0. The summed E-state index contributed by atoms with van der Waals surface area (Å²) in [5, 5.41) is 2.80. The Morgan fingerprint density at radius 1 is 1.30 bits per heavy atom. The van der Waals surface area contributed by atoms with E-state index in [0.717, 1.165) is 10.9 Å². The molecule has 4 nitrogen and oxygen atoms in total. The normalized spacial score (nSPS) is 11.9. The van der Waals surface area contributed by atoms with Crippen LogP contribution in [0.25, 0.3) is 0 Å². The average Bonchev–Trinajstić information content (AvgIpc) is 2.48. The highest BCUT2D eigenvalue weighted by Gasteiger charge is 2.14. The van der Waals surface area contributed by atoms with Gasteiger partial charge in [0.1, 0.15) is 0 Å². The maximum absolute atomic E-state index is 12.0. The summed E-state index contributed by atoms with van der Waals surface area (Å²) in [5.41, 5.74) is 7.78. The van der Waals surface area contributed by atoms with Crippen LogP contribution in [0.5, 0.6) is 0 Å². The highest BCUT2D eigenvalue weighted by molar-refractivity contribution is 9.10. The molecule has 0 saturated heterocycles. The van der Waals surface area contributed by atoms with Crippen LogP contribution < -0.4 is 11.1 Å². The minimum atomic E-state index is -0.532. The van der Waals surface area contributed by atoms with Gasteiger partial charge in [0.05, 0.1) is 16.2 Å². The minimum absolute atomic E-state index is 0.187. The molecule has 1 unspecified atom stereocenters. The van der Waals surface area contributed by atoms with Gasteiger partial charge in [0.25, 0.3) is 0 Å². The second-order valence-electron chi connectivity index (χ2n) is 4.48. The van der Waals surface area contributed by atoms with Crippen molar-refractivity contribution in [2.75, 3.05) is 5.32 Å². The number of nitrogens with one attached hydrogen (secondary N) is 1. The van der Waals surface area contributed by atoms with E-state index in [-0.39, 0.29) is 5.91 Å². The number of halogens is 1.